The lowest BCUT2D eigenvalue weighted by atomic mass is 10.2. The Morgan fingerprint density at radius 2 is 1.46 bits per heavy atom. The van der Waals surface area contributed by atoms with Crippen molar-refractivity contribution in [3.8, 4) is 0 Å². The highest BCUT2D eigenvalue weighted by Gasteiger charge is 2.07. The zero-order valence-electron chi connectivity index (χ0n) is 8.22. The van der Waals surface area contributed by atoms with E-state index in [0.29, 0.717) is 0 Å². The van der Waals surface area contributed by atoms with Crippen molar-refractivity contribution in [3.63, 3.8) is 0 Å². The molecule has 0 unspecified atom stereocenters. The highest BCUT2D eigenvalue weighted by molar-refractivity contribution is 5.10. The summed E-state index contributed by atoms with van der Waals surface area (Å²) in [6, 6.07) is 0. The SMILES string of the molecule is C1=C(COCC2=CCCC2)CCC1. The summed E-state index contributed by atoms with van der Waals surface area (Å²) >= 11 is 0. The number of allylic oxidation sites excluding steroid dienone is 2. The quantitative estimate of drug-likeness (QED) is 0.600. The second kappa shape index (κ2) is 4.61. The molecule has 72 valence electrons. The van der Waals surface area contributed by atoms with Crippen LogP contribution in [-0.4, -0.2) is 13.2 Å². The lowest BCUT2D eigenvalue weighted by Crippen LogP contribution is -2.00. The van der Waals surface area contributed by atoms with Crippen molar-refractivity contribution in [3.05, 3.63) is 23.3 Å². The Morgan fingerprint density at radius 3 is 1.85 bits per heavy atom. The Morgan fingerprint density at radius 1 is 0.923 bits per heavy atom. The molecule has 0 saturated heterocycles. The molecule has 1 heteroatoms. The summed E-state index contributed by atoms with van der Waals surface area (Å²) in [5.74, 6) is 0. The van der Waals surface area contributed by atoms with Gasteiger partial charge in [0.15, 0.2) is 0 Å². The van der Waals surface area contributed by atoms with Crippen molar-refractivity contribution < 1.29 is 4.74 Å². The Kier molecular flexibility index (Phi) is 3.20. The van der Waals surface area contributed by atoms with E-state index in [2.05, 4.69) is 12.2 Å². The van der Waals surface area contributed by atoms with Crippen LogP contribution in [0.1, 0.15) is 38.5 Å². The Bertz CT molecular complexity index is 201. The summed E-state index contributed by atoms with van der Waals surface area (Å²) in [4.78, 5) is 0. The van der Waals surface area contributed by atoms with Crippen LogP contribution >= 0.6 is 0 Å². The van der Waals surface area contributed by atoms with Crippen molar-refractivity contribution in [2.75, 3.05) is 13.2 Å². The van der Waals surface area contributed by atoms with Gasteiger partial charge >= 0.3 is 0 Å². The van der Waals surface area contributed by atoms with Gasteiger partial charge in [0.25, 0.3) is 0 Å². The first-order valence-corrected chi connectivity index (χ1v) is 5.39. The standard InChI is InChI=1S/C12H18O/c1-2-6-11(5-1)9-13-10-12-7-3-4-8-12/h5,7H,1-4,6,8-10H2. The summed E-state index contributed by atoms with van der Waals surface area (Å²) < 4.78 is 5.66. The number of ether oxygens (including phenoxy) is 1. The minimum Gasteiger partial charge on any atom is -0.373 e. The van der Waals surface area contributed by atoms with E-state index >= 15 is 0 Å². The van der Waals surface area contributed by atoms with E-state index in [9.17, 15) is 0 Å². The van der Waals surface area contributed by atoms with Crippen LogP contribution in [0, 0.1) is 0 Å². The predicted octanol–water partition coefficient (Wildman–Crippen LogP) is 3.22. The summed E-state index contributed by atoms with van der Waals surface area (Å²) in [6.45, 7) is 1.74. The van der Waals surface area contributed by atoms with Crippen LogP contribution in [-0.2, 0) is 4.74 Å². The molecule has 2 aliphatic carbocycles. The topological polar surface area (TPSA) is 9.23 Å². The third-order valence-electron chi connectivity index (χ3n) is 2.84. The van der Waals surface area contributed by atoms with Crippen LogP contribution in [0.25, 0.3) is 0 Å². The number of rotatable bonds is 4. The van der Waals surface area contributed by atoms with Gasteiger partial charge in [-0.1, -0.05) is 12.2 Å². The van der Waals surface area contributed by atoms with Gasteiger partial charge in [0.2, 0.25) is 0 Å². The molecule has 0 saturated carbocycles. The zero-order chi connectivity index (χ0) is 8.93. The van der Waals surface area contributed by atoms with Gasteiger partial charge in [0.05, 0.1) is 13.2 Å². The normalized spacial score (nSPS) is 21.8. The van der Waals surface area contributed by atoms with Gasteiger partial charge < -0.3 is 4.74 Å². The number of hydrogen-bond donors (Lipinski definition) is 0. The van der Waals surface area contributed by atoms with Gasteiger partial charge in [-0.05, 0) is 49.7 Å². The lowest BCUT2D eigenvalue weighted by molar-refractivity contribution is 0.177. The summed E-state index contributed by atoms with van der Waals surface area (Å²) in [6.07, 6.45) is 12.4. The molecule has 0 bridgehead atoms. The van der Waals surface area contributed by atoms with Crippen molar-refractivity contribution in [2.45, 2.75) is 38.5 Å². The first kappa shape index (κ1) is 9.01. The molecule has 2 aliphatic rings. The van der Waals surface area contributed by atoms with Crippen LogP contribution in [0.3, 0.4) is 0 Å². The molecule has 0 aromatic heterocycles. The molecule has 13 heavy (non-hydrogen) atoms. The average molecular weight is 178 g/mol. The Hall–Kier alpha value is -0.560. The summed E-state index contributed by atoms with van der Waals surface area (Å²) in [7, 11) is 0. The second-order valence-corrected chi connectivity index (χ2v) is 4.00. The van der Waals surface area contributed by atoms with Gasteiger partial charge in [-0.15, -0.1) is 0 Å². The van der Waals surface area contributed by atoms with Crippen LogP contribution in [0.2, 0.25) is 0 Å². The lowest BCUT2D eigenvalue weighted by Gasteiger charge is -2.05. The molecule has 0 aromatic rings. The summed E-state index contributed by atoms with van der Waals surface area (Å²) in [5.41, 5.74) is 3.03. The largest absolute Gasteiger partial charge is 0.373 e. The molecule has 0 atom stereocenters. The zero-order valence-corrected chi connectivity index (χ0v) is 8.22. The van der Waals surface area contributed by atoms with Gasteiger partial charge in [-0.3, -0.25) is 0 Å². The third-order valence-corrected chi connectivity index (χ3v) is 2.84. The third kappa shape index (κ3) is 2.70. The fraction of sp³-hybridized carbons (Fsp3) is 0.667. The maximum Gasteiger partial charge on any atom is 0.0681 e. The molecule has 0 amide bonds. The second-order valence-electron chi connectivity index (χ2n) is 4.00. The molecular weight excluding hydrogens is 160 g/mol. The van der Waals surface area contributed by atoms with E-state index in [4.69, 9.17) is 4.74 Å². The first-order valence-electron chi connectivity index (χ1n) is 5.39. The molecular formula is C12H18O. The molecule has 0 radical (unpaired) electrons. The first-order chi connectivity index (χ1) is 6.45. The van der Waals surface area contributed by atoms with E-state index in [1.54, 1.807) is 0 Å². The Labute approximate surface area is 80.5 Å². The van der Waals surface area contributed by atoms with E-state index in [1.807, 2.05) is 0 Å². The molecule has 0 spiro atoms. The summed E-state index contributed by atoms with van der Waals surface area (Å²) in [5, 5.41) is 0. The minimum atomic E-state index is 0.872. The predicted molar refractivity (Wildman–Crippen MR) is 54.7 cm³/mol. The van der Waals surface area contributed by atoms with Crippen LogP contribution < -0.4 is 0 Å². The molecule has 2 rings (SSSR count). The van der Waals surface area contributed by atoms with Gasteiger partial charge in [0, 0.05) is 0 Å². The molecule has 0 fully saturated rings. The van der Waals surface area contributed by atoms with Crippen LogP contribution in [0.4, 0.5) is 0 Å². The van der Waals surface area contributed by atoms with Crippen molar-refractivity contribution >= 4 is 0 Å². The smallest absolute Gasteiger partial charge is 0.0681 e. The fourth-order valence-electron chi connectivity index (χ4n) is 2.05. The highest BCUT2D eigenvalue weighted by atomic mass is 16.5. The Balaban J connectivity index is 1.63. The van der Waals surface area contributed by atoms with E-state index < -0.39 is 0 Å². The van der Waals surface area contributed by atoms with Gasteiger partial charge in [-0.25, -0.2) is 0 Å². The monoisotopic (exact) mass is 178 g/mol. The molecule has 0 N–H and O–H groups in total. The molecule has 0 aromatic carbocycles. The van der Waals surface area contributed by atoms with Crippen LogP contribution in [0.15, 0.2) is 23.3 Å². The van der Waals surface area contributed by atoms with Crippen molar-refractivity contribution in [1.82, 2.24) is 0 Å². The molecule has 1 nitrogen and oxygen atoms in total. The van der Waals surface area contributed by atoms with Gasteiger partial charge in [-0.2, -0.15) is 0 Å². The average Bonchev–Trinajstić information content (AvgIpc) is 2.75. The van der Waals surface area contributed by atoms with E-state index in [1.165, 1.54) is 49.7 Å². The van der Waals surface area contributed by atoms with E-state index in [0.717, 1.165) is 13.2 Å². The van der Waals surface area contributed by atoms with Crippen molar-refractivity contribution in [2.24, 2.45) is 0 Å². The molecule has 0 heterocycles. The molecule has 0 aliphatic heterocycles. The highest BCUT2D eigenvalue weighted by Crippen LogP contribution is 2.20. The van der Waals surface area contributed by atoms with Crippen molar-refractivity contribution in [1.29, 1.82) is 0 Å². The minimum absolute atomic E-state index is 0.872. The fourth-order valence-corrected chi connectivity index (χ4v) is 2.05. The maximum atomic E-state index is 5.66. The van der Waals surface area contributed by atoms with Gasteiger partial charge in [0.1, 0.15) is 0 Å². The van der Waals surface area contributed by atoms with Crippen LogP contribution in [0.5, 0.6) is 0 Å². The maximum absolute atomic E-state index is 5.66. The number of hydrogen-bond acceptors (Lipinski definition) is 1. The van der Waals surface area contributed by atoms with E-state index in [-0.39, 0.29) is 0 Å².